The summed E-state index contributed by atoms with van der Waals surface area (Å²) in [6.45, 7) is 5.46. The van der Waals surface area contributed by atoms with Gasteiger partial charge in [0.1, 0.15) is 11.4 Å². The number of nitro groups is 1. The fraction of sp³-hybridized carbons (Fsp3) is 0.462. The van der Waals surface area contributed by atoms with Crippen molar-refractivity contribution in [2.45, 2.75) is 19.4 Å². The molecule has 1 aliphatic heterocycles. The molecule has 0 atom stereocenters. The van der Waals surface area contributed by atoms with Crippen molar-refractivity contribution < 1.29 is 14.1 Å². The van der Waals surface area contributed by atoms with E-state index in [9.17, 15) is 19.3 Å². The van der Waals surface area contributed by atoms with E-state index in [1.54, 1.807) is 4.90 Å². The first-order valence-electron chi connectivity index (χ1n) is 6.29. The Hall–Kier alpha value is -2.02. The molecular formula is C13H16FN3O3. The Kier molecular flexibility index (Phi) is 3.71. The van der Waals surface area contributed by atoms with Gasteiger partial charge < -0.3 is 10.2 Å². The van der Waals surface area contributed by atoms with Crippen LogP contribution in [0.3, 0.4) is 0 Å². The molecule has 1 aromatic rings. The first-order chi connectivity index (χ1) is 9.33. The van der Waals surface area contributed by atoms with Crippen LogP contribution in [0.15, 0.2) is 18.2 Å². The molecule has 0 saturated carbocycles. The molecular weight excluding hydrogens is 265 g/mol. The number of carbonyl (C=O) groups excluding carboxylic acids is 1. The van der Waals surface area contributed by atoms with Crippen LogP contribution in [0.25, 0.3) is 0 Å². The molecule has 0 radical (unpaired) electrons. The van der Waals surface area contributed by atoms with Gasteiger partial charge in [-0.2, -0.15) is 0 Å². The van der Waals surface area contributed by atoms with Crippen molar-refractivity contribution in [1.29, 1.82) is 0 Å². The van der Waals surface area contributed by atoms with Crippen molar-refractivity contribution >= 4 is 11.6 Å². The van der Waals surface area contributed by atoms with Gasteiger partial charge in [0, 0.05) is 19.6 Å². The number of benzene rings is 1. The van der Waals surface area contributed by atoms with Crippen LogP contribution in [-0.4, -0.2) is 40.9 Å². The number of nitrogens with one attached hydrogen (secondary N) is 1. The van der Waals surface area contributed by atoms with E-state index < -0.39 is 27.9 Å². The highest BCUT2D eigenvalue weighted by atomic mass is 19.1. The predicted molar refractivity (Wildman–Crippen MR) is 71.0 cm³/mol. The Balaban J connectivity index is 2.40. The molecule has 1 heterocycles. The molecule has 0 aromatic heterocycles. The first kappa shape index (κ1) is 14.4. The number of piperazine rings is 1. The van der Waals surface area contributed by atoms with Gasteiger partial charge in [0.05, 0.1) is 16.5 Å². The standard InChI is InChI=1S/C13H16FN3O3/c1-13(2)8-15-5-6-16(13)12(18)10-4-3-9(14)7-11(10)17(19)20/h3-4,7,15H,5-6,8H2,1-2H3. The van der Waals surface area contributed by atoms with Crippen molar-refractivity contribution in [1.82, 2.24) is 10.2 Å². The van der Waals surface area contributed by atoms with Gasteiger partial charge in [0.15, 0.2) is 0 Å². The quantitative estimate of drug-likeness (QED) is 0.659. The summed E-state index contributed by atoms with van der Waals surface area (Å²) in [6, 6.07) is 3.02. The molecule has 0 bridgehead atoms. The molecule has 1 aliphatic rings. The summed E-state index contributed by atoms with van der Waals surface area (Å²) in [5, 5.41) is 14.1. The molecule has 1 saturated heterocycles. The number of hydrogen-bond acceptors (Lipinski definition) is 4. The minimum absolute atomic E-state index is 0.0774. The van der Waals surface area contributed by atoms with Gasteiger partial charge >= 0.3 is 0 Å². The molecule has 0 spiro atoms. The highest BCUT2D eigenvalue weighted by molar-refractivity contribution is 5.98. The van der Waals surface area contributed by atoms with E-state index in [-0.39, 0.29) is 5.56 Å². The smallest absolute Gasteiger partial charge is 0.285 e. The highest BCUT2D eigenvalue weighted by Gasteiger charge is 2.36. The lowest BCUT2D eigenvalue weighted by Crippen LogP contribution is -2.59. The largest absolute Gasteiger partial charge is 0.331 e. The SMILES string of the molecule is CC1(C)CNCCN1C(=O)c1ccc(F)cc1[N+](=O)[O-]. The molecule has 0 aliphatic carbocycles. The zero-order valence-electron chi connectivity index (χ0n) is 11.4. The van der Waals surface area contributed by atoms with E-state index in [2.05, 4.69) is 5.32 Å². The first-order valence-corrected chi connectivity index (χ1v) is 6.29. The molecule has 0 unspecified atom stereocenters. The van der Waals surface area contributed by atoms with Crippen molar-refractivity contribution in [3.05, 3.63) is 39.7 Å². The Morgan fingerprint density at radius 1 is 1.50 bits per heavy atom. The number of amides is 1. The number of nitro benzene ring substituents is 1. The number of halogens is 1. The van der Waals surface area contributed by atoms with Gasteiger partial charge in [-0.15, -0.1) is 0 Å². The summed E-state index contributed by atoms with van der Waals surface area (Å²) in [6.07, 6.45) is 0. The topological polar surface area (TPSA) is 75.5 Å². The monoisotopic (exact) mass is 281 g/mol. The van der Waals surface area contributed by atoms with Crippen LogP contribution < -0.4 is 5.32 Å². The second-order valence-corrected chi connectivity index (χ2v) is 5.36. The minimum Gasteiger partial charge on any atom is -0.331 e. The van der Waals surface area contributed by atoms with Crippen molar-refractivity contribution in [3.8, 4) is 0 Å². The number of nitrogens with zero attached hydrogens (tertiary/aromatic N) is 2. The van der Waals surface area contributed by atoms with E-state index in [1.807, 2.05) is 13.8 Å². The lowest BCUT2D eigenvalue weighted by atomic mass is 9.98. The summed E-state index contributed by atoms with van der Waals surface area (Å²) in [5.41, 5.74) is -1.02. The third-order valence-corrected chi connectivity index (χ3v) is 3.43. The van der Waals surface area contributed by atoms with Gasteiger partial charge in [-0.3, -0.25) is 14.9 Å². The lowest BCUT2D eigenvalue weighted by Gasteiger charge is -2.42. The van der Waals surface area contributed by atoms with Crippen molar-refractivity contribution in [2.75, 3.05) is 19.6 Å². The number of carbonyl (C=O) groups is 1. The lowest BCUT2D eigenvalue weighted by molar-refractivity contribution is -0.385. The summed E-state index contributed by atoms with van der Waals surface area (Å²) < 4.78 is 13.1. The molecule has 1 N–H and O–H groups in total. The van der Waals surface area contributed by atoms with E-state index in [4.69, 9.17) is 0 Å². The third kappa shape index (κ3) is 2.62. The normalized spacial score (nSPS) is 17.9. The van der Waals surface area contributed by atoms with E-state index in [0.29, 0.717) is 19.6 Å². The highest BCUT2D eigenvalue weighted by Crippen LogP contribution is 2.25. The molecule has 1 amide bonds. The summed E-state index contributed by atoms with van der Waals surface area (Å²) in [5.74, 6) is -1.17. The van der Waals surface area contributed by atoms with Gasteiger partial charge in [-0.1, -0.05) is 0 Å². The van der Waals surface area contributed by atoms with E-state index in [1.165, 1.54) is 6.07 Å². The van der Waals surface area contributed by atoms with Crippen LogP contribution in [0.5, 0.6) is 0 Å². The maximum absolute atomic E-state index is 13.1. The summed E-state index contributed by atoms with van der Waals surface area (Å²) in [7, 11) is 0. The number of hydrogen-bond donors (Lipinski definition) is 1. The average molecular weight is 281 g/mol. The van der Waals surface area contributed by atoms with Crippen LogP contribution in [0.2, 0.25) is 0 Å². The second-order valence-electron chi connectivity index (χ2n) is 5.36. The minimum atomic E-state index is -0.731. The second kappa shape index (κ2) is 5.16. The number of rotatable bonds is 2. The van der Waals surface area contributed by atoms with Crippen molar-refractivity contribution in [2.24, 2.45) is 0 Å². The molecule has 1 aromatic carbocycles. The Bertz CT molecular complexity index is 560. The van der Waals surface area contributed by atoms with E-state index in [0.717, 1.165) is 12.1 Å². The van der Waals surface area contributed by atoms with Crippen LogP contribution in [0.4, 0.5) is 10.1 Å². The third-order valence-electron chi connectivity index (χ3n) is 3.43. The van der Waals surface area contributed by atoms with E-state index >= 15 is 0 Å². The van der Waals surface area contributed by atoms with Gasteiger partial charge in [0.2, 0.25) is 0 Å². The van der Waals surface area contributed by atoms with Gasteiger partial charge in [-0.25, -0.2) is 4.39 Å². The van der Waals surface area contributed by atoms with Crippen molar-refractivity contribution in [3.63, 3.8) is 0 Å². The van der Waals surface area contributed by atoms with Crippen LogP contribution in [-0.2, 0) is 0 Å². The average Bonchev–Trinajstić information content (AvgIpc) is 2.37. The molecule has 7 heteroatoms. The zero-order chi connectivity index (χ0) is 14.9. The summed E-state index contributed by atoms with van der Waals surface area (Å²) >= 11 is 0. The Morgan fingerprint density at radius 3 is 2.80 bits per heavy atom. The van der Waals surface area contributed by atoms with Crippen LogP contribution >= 0.6 is 0 Å². The fourth-order valence-corrected chi connectivity index (χ4v) is 2.34. The summed E-state index contributed by atoms with van der Waals surface area (Å²) in [4.78, 5) is 24.4. The van der Waals surface area contributed by atoms with Gasteiger partial charge in [0.25, 0.3) is 11.6 Å². The Labute approximate surface area is 115 Å². The maximum Gasteiger partial charge on any atom is 0.285 e. The Morgan fingerprint density at radius 2 is 2.20 bits per heavy atom. The van der Waals surface area contributed by atoms with Gasteiger partial charge in [-0.05, 0) is 26.0 Å². The van der Waals surface area contributed by atoms with Crippen LogP contribution in [0.1, 0.15) is 24.2 Å². The van der Waals surface area contributed by atoms with Crippen LogP contribution in [0, 0.1) is 15.9 Å². The molecule has 2 rings (SSSR count). The maximum atomic E-state index is 13.1. The molecule has 108 valence electrons. The fourth-order valence-electron chi connectivity index (χ4n) is 2.34. The molecule has 20 heavy (non-hydrogen) atoms. The zero-order valence-corrected chi connectivity index (χ0v) is 11.4. The molecule has 6 nitrogen and oxygen atoms in total. The predicted octanol–water partition coefficient (Wildman–Crippen LogP) is 1.56. The molecule has 1 fully saturated rings.